The van der Waals surface area contributed by atoms with Crippen molar-refractivity contribution in [3.63, 3.8) is 0 Å². The van der Waals surface area contributed by atoms with Crippen LogP contribution in [-0.2, 0) is 0 Å². The average molecular weight is 249 g/mol. The highest BCUT2D eigenvalue weighted by Crippen LogP contribution is 2.27. The Hall–Kier alpha value is -1.59. The van der Waals surface area contributed by atoms with Gasteiger partial charge in [-0.3, -0.25) is 0 Å². The number of hydrogen-bond donors (Lipinski definition) is 2. The van der Waals surface area contributed by atoms with Crippen molar-refractivity contribution in [1.82, 2.24) is 4.98 Å². The highest BCUT2D eigenvalue weighted by Gasteiger charge is 2.04. The number of rotatable bonds is 5. The molecule has 2 rings (SSSR count). The van der Waals surface area contributed by atoms with Gasteiger partial charge in [0, 0.05) is 24.0 Å². The van der Waals surface area contributed by atoms with Crippen LogP contribution in [0.15, 0.2) is 29.6 Å². The summed E-state index contributed by atoms with van der Waals surface area (Å²) < 4.78 is 5.19. The second-order valence-electron chi connectivity index (χ2n) is 3.49. The van der Waals surface area contributed by atoms with Crippen molar-refractivity contribution < 1.29 is 4.74 Å². The van der Waals surface area contributed by atoms with Crippen LogP contribution >= 0.6 is 11.3 Å². The molecule has 0 atom stereocenters. The lowest BCUT2D eigenvalue weighted by atomic mass is 10.2. The molecule has 0 aliphatic rings. The third-order valence-corrected chi connectivity index (χ3v) is 3.09. The van der Waals surface area contributed by atoms with Gasteiger partial charge >= 0.3 is 0 Å². The van der Waals surface area contributed by atoms with Crippen LogP contribution < -0.4 is 15.8 Å². The van der Waals surface area contributed by atoms with Gasteiger partial charge in [-0.15, -0.1) is 11.3 Å². The van der Waals surface area contributed by atoms with Crippen molar-refractivity contribution in [2.75, 3.05) is 25.5 Å². The molecule has 0 unspecified atom stereocenters. The molecule has 0 saturated heterocycles. The van der Waals surface area contributed by atoms with Gasteiger partial charge in [0.2, 0.25) is 0 Å². The number of anilines is 1. The van der Waals surface area contributed by atoms with E-state index in [1.807, 2.05) is 29.6 Å². The normalized spacial score (nSPS) is 10.2. The van der Waals surface area contributed by atoms with Gasteiger partial charge < -0.3 is 15.8 Å². The van der Waals surface area contributed by atoms with Crippen LogP contribution in [0.2, 0.25) is 0 Å². The molecule has 5 heteroatoms. The third kappa shape index (κ3) is 2.95. The second-order valence-corrected chi connectivity index (χ2v) is 4.34. The Morgan fingerprint density at radius 2 is 2.35 bits per heavy atom. The molecule has 0 amide bonds. The van der Waals surface area contributed by atoms with Crippen LogP contribution in [0.3, 0.4) is 0 Å². The summed E-state index contributed by atoms with van der Waals surface area (Å²) in [5.74, 6) is 0.840. The zero-order valence-electron chi connectivity index (χ0n) is 9.64. The SMILES string of the molecule is COc1cccc(-c2csc(NCCN)n2)c1. The maximum absolute atomic E-state index is 5.43. The van der Waals surface area contributed by atoms with Crippen LogP contribution in [0.1, 0.15) is 0 Å². The van der Waals surface area contributed by atoms with Gasteiger partial charge in [-0.05, 0) is 12.1 Å². The van der Waals surface area contributed by atoms with Crippen LogP contribution in [0.4, 0.5) is 5.13 Å². The fourth-order valence-electron chi connectivity index (χ4n) is 1.45. The standard InChI is InChI=1S/C12H15N3OS/c1-16-10-4-2-3-9(7-10)11-8-17-12(15-11)14-6-5-13/h2-4,7-8H,5-6,13H2,1H3,(H,14,15). The van der Waals surface area contributed by atoms with E-state index in [0.717, 1.165) is 28.7 Å². The van der Waals surface area contributed by atoms with Gasteiger partial charge in [0.15, 0.2) is 5.13 Å². The molecule has 1 aromatic carbocycles. The summed E-state index contributed by atoms with van der Waals surface area (Å²) in [7, 11) is 1.66. The molecule has 4 nitrogen and oxygen atoms in total. The van der Waals surface area contributed by atoms with E-state index in [1.165, 1.54) is 0 Å². The van der Waals surface area contributed by atoms with E-state index in [-0.39, 0.29) is 0 Å². The van der Waals surface area contributed by atoms with Crippen LogP contribution in [0, 0.1) is 0 Å². The minimum atomic E-state index is 0.605. The number of benzene rings is 1. The molecule has 1 aromatic heterocycles. The molecule has 2 aromatic rings. The molecule has 90 valence electrons. The summed E-state index contributed by atoms with van der Waals surface area (Å²) in [5.41, 5.74) is 7.44. The molecule has 0 bridgehead atoms. The fraction of sp³-hybridized carbons (Fsp3) is 0.250. The number of thiazole rings is 1. The van der Waals surface area contributed by atoms with Gasteiger partial charge in [-0.1, -0.05) is 12.1 Å². The van der Waals surface area contributed by atoms with Crippen LogP contribution in [0.25, 0.3) is 11.3 Å². The lowest BCUT2D eigenvalue weighted by molar-refractivity contribution is 0.415. The van der Waals surface area contributed by atoms with Crippen molar-refractivity contribution in [1.29, 1.82) is 0 Å². The number of nitrogens with two attached hydrogens (primary N) is 1. The first kappa shape index (κ1) is 11.9. The van der Waals surface area contributed by atoms with E-state index in [4.69, 9.17) is 10.5 Å². The zero-order chi connectivity index (χ0) is 12.1. The monoisotopic (exact) mass is 249 g/mol. The summed E-state index contributed by atoms with van der Waals surface area (Å²) in [4.78, 5) is 4.49. The summed E-state index contributed by atoms with van der Waals surface area (Å²) in [5, 5.41) is 6.08. The summed E-state index contributed by atoms with van der Waals surface area (Å²) in [6.45, 7) is 1.35. The molecule has 3 N–H and O–H groups in total. The zero-order valence-corrected chi connectivity index (χ0v) is 10.5. The molecule has 0 spiro atoms. The lowest BCUT2D eigenvalue weighted by Gasteiger charge is -2.01. The Balaban J connectivity index is 2.18. The van der Waals surface area contributed by atoms with Gasteiger partial charge in [0.1, 0.15) is 5.75 Å². The van der Waals surface area contributed by atoms with E-state index < -0.39 is 0 Å². The minimum absolute atomic E-state index is 0.605. The highest BCUT2D eigenvalue weighted by atomic mass is 32.1. The third-order valence-electron chi connectivity index (χ3n) is 2.29. The van der Waals surface area contributed by atoms with E-state index in [2.05, 4.69) is 10.3 Å². The van der Waals surface area contributed by atoms with Crippen molar-refractivity contribution in [2.45, 2.75) is 0 Å². The molecule has 1 heterocycles. The number of ether oxygens (including phenoxy) is 1. The molecular formula is C12H15N3OS. The Labute approximate surface area is 104 Å². The summed E-state index contributed by atoms with van der Waals surface area (Å²) >= 11 is 1.58. The number of nitrogens with one attached hydrogen (secondary N) is 1. The van der Waals surface area contributed by atoms with Gasteiger partial charge in [0.25, 0.3) is 0 Å². The molecule has 0 aliphatic heterocycles. The van der Waals surface area contributed by atoms with E-state index >= 15 is 0 Å². The van der Waals surface area contributed by atoms with Crippen molar-refractivity contribution in [2.24, 2.45) is 5.73 Å². The largest absolute Gasteiger partial charge is 0.497 e. The highest BCUT2D eigenvalue weighted by molar-refractivity contribution is 7.14. The topological polar surface area (TPSA) is 60.2 Å². The first-order valence-corrected chi connectivity index (χ1v) is 6.25. The van der Waals surface area contributed by atoms with Gasteiger partial charge in [-0.2, -0.15) is 0 Å². The lowest BCUT2D eigenvalue weighted by Crippen LogP contribution is -2.12. The Kier molecular flexibility index (Phi) is 3.95. The number of nitrogens with zero attached hydrogens (tertiary/aromatic N) is 1. The van der Waals surface area contributed by atoms with E-state index in [9.17, 15) is 0 Å². The molecular weight excluding hydrogens is 234 g/mol. The number of hydrogen-bond acceptors (Lipinski definition) is 5. The first-order chi connectivity index (χ1) is 8.33. The summed E-state index contributed by atoms with van der Waals surface area (Å²) in [6.07, 6.45) is 0. The van der Waals surface area contributed by atoms with Gasteiger partial charge in [0.05, 0.1) is 12.8 Å². The van der Waals surface area contributed by atoms with E-state index in [0.29, 0.717) is 6.54 Å². The van der Waals surface area contributed by atoms with E-state index in [1.54, 1.807) is 18.4 Å². The maximum Gasteiger partial charge on any atom is 0.183 e. The smallest absolute Gasteiger partial charge is 0.183 e. The predicted molar refractivity (Wildman–Crippen MR) is 71.6 cm³/mol. The minimum Gasteiger partial charge on any atom is -0.497 e. The van der Waals surface area contributed by atoms with Crippen LogP contribution in [0.5, 0.6) is 5.75 Å². The molecule has 17 heavy (non-hydrogen) atoms. The first-order valence-electron chi connectivity index (χ1n) is 5.37. The molecule has 0 saturated carbocycles. The maximum atomic E-state index is 5.43. The number of aromatic nitrogens is 1. The molecule has 0 radical (unpaired) electrons. The van der Waals surface area contributed by atoms with Crippen LogP contribution in [-0.4, -0.2) is 25.2 Å². The number of methoxy groups -OCH3 is 1. The molecule has 0 fully saturated rings. The van der Waals surface area contributed by atoms with Crippen molar-refractivity contribution in [3.05, 3.63) is 29.6 Å². The molecule has 0 aliphatic carbocycles. The predicted octanol–water partition coefficient (Wildman–Crippen LogP) is 2.19. The Bertz CT molecular complexity index is 484. The van der Waals surface area contributed by atoms with Gasteiger partial charge in [-0.25, -0.2) is 4.98 Å². The Morgan fingerprint density at radius 3 is 3.12 bits per heavy atom. The van der Waals surface area contributed by atoms with Crippen molar-refractivity contribution in [3.8, 4) is 17.0 Å². The Morgan fingerprint density at radius 1 is 1.47 bits per heavy atom. The average Bonchev–Trinajstić information content (AvgIpc) is 2.85. The van der Waals surface area contributed by atoms with Crippen molar-refractivity contribution >= 4 is 16.5 Å². The summed E-state index contributed by atoms with van der Waals surface area (Å²) in [6, 6.07) is 7.87. The second kappa shape index (κ2) is 5.65. The fourth-order valence-corrected chi connectivity index (χ4v) is 2.20. The quantitative estimate of drug-likeness (QED) is 0.852.